The largest absolute Gasteiger partial charge is 0.353 e. The molecule has 0 saturated carbocycles. The number of carbonyl (C=O) groups excluding carboxylic acids is 3. The minimum Gasteiger partial charge on any atom is -0.353 e. The van der Waals surface area contributed by atoms with E-state index in [2.05, 4.69) is 21.2 Å². The van der Waals surface area contributed by atoms with E-state index in [4.69, 9.17) is 0 Å². The molecule has 2 aliphatic rings. The van der Waals surface area contributed by atoms with Gasteiger partial charge in [-0.25, -0.2) is 9.69 Å². The fraction of sp³-hybridized carbons (Fsp3) is 0.316. The van der Waals surface area contributed by atoms with Gasteiger partial charge in [0.05, 0.1) is 12.1 Å². The molecule has 2 aromatic rings. The van der Waals surface area contributed by atoms with E-state index in [1.807, 2.05) is 17.5 Å². The molecule has 0 aliphatic carbocycles. The highest BCUT2D eigenvalue weighted by molar-refractivity contribution is 9.10. The first-order valence-corrected chi connectivity index (χ1v) is 10.4. The number of amides is 4. The van der Waals surface area contributed by atoms with Crippen LogP contribution in [0.3, 0.4) is 0 Å². The molecule has 140 valence electrons. The van der Waals surface area contributed by atoms with Gasteiger partial charge in [-0.2, -0.15) is 0 Å². The first-order chi connectivity index (χ1) is 13.0. The van der Waals surface area contributed by atoms with Crippen LogP contribution in [-0.2, 0) is 16.0 Å². The van der Waals surface area contributed by atoms with E-state index in [-0.39, 0.29) is 23.9 Å². The van der Waals surface area contributed by atoms with Gasteiger partial charge in [0.2, 0.25) is 5.91 Å². The van der Waals surface area contributed by atoms with Crippen molar-refractivity contribution in [1.29, 1.82) is 0 Å². The predicted molar refractivity (Wildman–Crippen MR) is 107 cm³/mol. The first kappa shape index (κ1) is 18.2. The zero-order valence-corrected chi connectivity index (χ0v) is 16.8. The summed E-state index contributed by atoms with van der Waals surface area (Å²) < 4.78 is 0.886. The van der Waals surface area contributed by atoms with Gasteiger partial charge in [-0.15, -0.1) is 11.3 Å². The molecule has 0 spiro atoms. The molecule has 2 saturated heterocycles. The summed E-state index contributed by atoms with van der Waals surface area (Å²) in [4.78, 5) is 41.7. The number of anilines is 1. The quantitative estimate of drug-likeness (QED) is 0.731. The number of urea groups is 1. The fourth-order valence-corrected chi connectivity index (χ4v) is 4.58. The van der Waals surface area contributed by atoms with Gasteiger partial charge < -0.3 is 10.2 Å². The molecular weight excluding hydrogens is 430 g/mol. The van der Waals surface area contributed by atoms with Crippen LogP contribution in [0.15, 0.2) is 46.3 Å². The smallest absolute Gasteiger partial charge is 0.332 e. The summed E-state index contributed by atoms with van der Waals surface area (Å²) in [6.45, 7) is 0.465. The SMILES string of the molecule is O=C(Cc1cccs1)NC1CCN2C(=O)N(c3ccc(Br)cc3)C(=O)C2C1. The van der Waals surface area contributed by atoms with Crippen molar-refractivity contribution in [3.8, 4) is 0 Å². The van der Waals surface area contributed by atoms with Gasteiger partial charge in [0.25, 0.3) is 5.91 Å². The Morgan fingerprint density at radius 3 is 2.70 bits per heavy atom. The highest BCUT2D eigenvalue weighted by Crippen LogP contribution is 2.31. The lowest BCUT2D eigenvalue weighted by Gasteiger charge is -2.32. The number of benzene rings is 1. The summed E-state index contributed by atoms with van der Waals surface area (Å²) >= 11 is 4.91. The number of nitrogens with one attached hydrogen (secondary N) is 1. The second-order valence-corrected chi connectivity index (χ2v) is 8.63. The minimum absolute atomic E-state index is 0.0440. The highest BCUT2D eigenvalue weighted by Gasteiger charge is 2.48. The topological polar surface area (TPSA) is 69.7 Å². The Labute approximate surface area is 169 Å². The van der Waals surface area contributed by atoms with Crippen molar-refractivity contribution in [2.24, 2.45) is 0 Å². The van der Waals surface area contributed by atoms with Crippen LogP contribution in [0, 0.1) is 0 Å². The number of nitrogens with zero attached hydrogens (tertiary/aromatic N) is 2. The molecule has 4 rings (SSSR count). The van der Waals surface area contributed by atoms with Crippen LogP contribution >= 0.6 is 27.3 Å². The summed E-state index contributed by atoms with van der Waals surface area (Å²) in [5.41, 5.74) is 0.570. The Kier molecular flexibility index (Phi) is 5.01. The van der Waals surface area contributed by atoms with E-state index >= 15 is 0 Å². The standard InChI is InChI=1S/C19H18BrN3O3S/c20-12-3-5-14(6-4-12)23-18(25)16-10-13(7-8-22(16)19(23)26)21-17(24)11-15-2-1-9-27-15/h1-6,9,13,16H,7-8,10-11H2,(H,21,24). The molecule has 6 nitrogen and oxygen atoms in total. The van der Waals surface area contributed by atoms with E-state index in [9.17, 15) is 14.4 Å². The second-order valence-electron chi connectivity index (χ2n) is 6.69. The maximum absolute atomic E-state index is 12.9. The second kappa shape index (κ2) is 7.44. The summed E-state index contributed by atoms with van der Waals surface area (Å²) in [6.07, 6.45) is 1.45. The fourth-order valence-electron chi connectivity index (χ4n) is 3.61. The van der Waals surface area contributed by atoms with Gasteiger partial charge in [0.15, 0.2) is 0 Å². The molecule has 4 amide bonds. The molecule has 0 bridgehead atoms. The number of hydrogen-bond donors (Lipinski definition) is 1. The molecule has 2 aliphatic heterocycles. The molecule has 27 heavy (non-hydrogen) atoms. The zero-order valence-electron chi connectivity index (χ0n) is 14.4. The lowest BCUT2D eigenvalue weighted by molar-refractivity contribution is -0.124. The van der Waals surface area contributed by atoms with Crippen LogP contribution < -0.4 is 10.2 Å². The van der Waals surface area contributed by atoms with Gasteiger partial charge in [-0.3, -0.25) is 9.59 Å². The van der Waals surface area contributed by atoms with Crippen molar-refractivity contribution in [2.45, 2.75) is 31.3 Å². The molecule has 1 aromatic carbocycles. The number of imide groups is 1. The first-order valence-electron chi connectivity index (χ1n) is 8.75. The van der Waals surface area contributed by atoms with E-state index in [0.29, 0.717) is 31.5 Å². The Morgan fingerprint density at radius 1 is 1.22 bits per heavy atom. The number of fused-ring (bicyclic) bond motifs is 1. The third kappa shape index (κ3) is 3.64. The maximum atomic E-state index is 12.9. The number of rotatable bonds is 4. The predicted octanol–water partition coefficient (Wildman–Crippen LogP) is 3.17. The number of halogens is 1. The van der Waals surface area contributed by atoms with E-state index in [1.54, 1.807) is 40.5 Å². The minimum atomic E-state index is -0.512. The van der Waals surface area contributed by atoms with Crippen LogP contribution in [0.5, 0.6) is 0 Å². The van der Waals surface area contributed by atoms with Gasteiger partial charge in [0.1, 0.15) is 6.04 Å². The molecule has 2 atom stereocenters. The van der Waals surface area contributed by atoms with Crippen molar-refractivity contribution < 1.29 is 14.4 Å². The van der Waals surface area contributed by atoms with Crippen LogP contribution in [-0.4, -0.2) is 41.4 Å². The molecule has 2 unspecified atom stereocenters. The van der Waals surface area contributed by atoms with Crippen LogP contribution in [0.25, 0.3) is 0 Å². The van der Waals surface area contributed by atoms with E-state index < -0.39 is 6.04 Å². The van der Waals surface area contributed by atoms with Gasteiger partial charge in [-0.1, -0.05) is 22.0 Å². The number of piperidine rings is 1. The van der Waals surface area contributed by atoms with E-state index in [1.165, 1.54) is 4.90 Å². The lowest BCUT2D eigenvalue weighted by Crippen LogP contribution is -2.50. The molecule has 1 aromatic heterocycles. The average molecular weight is 448 g/mol. The molecule has 8 heteroatoms. The van der Waals surface area contributed by atoms with Crippen LogP contribution in [0.4, 0.5) is 10.5 Å². The van der Waals surface area contributed by atoms with Crippen LogP contribution in [0.2, 0.25) is 0 Å². The third-order valence-corrected chi connectivity index (χ3v) is 6.31. The Hall–Kier alpha value is -2.19. The number of thiophene rings is 1. The molecule has 3 heterocycles. The molecular formula is C19H18BrN3O3S. The molecule has 1 N–H and O–H groups in total. The Bertz CT molecular complexity index is 869. The van der Waals surface area contributed by atoms with Crippen molar-refractivity contribution in [3.05, 3.63) is 51.1 Å². The average Bonchev–Trinajstić information content (AvgIpc) is 3.23. The zero-order chi connectivity index (χ0) is 19.0. The highest BCUT2D eigenvalue weighted by atomic mass is 79.9. The van der Waals surface area contributed by atoms with E-state index in [0.717, 1.165) is 9.35 Å². The van der Waals surface area contributed by atoms with Gasteiger partial charge in [-0.05, 0) is 48.6 Å². The van der Waals surface area contributed by atoms with Crippen molar-refractivity contribution in [3.63, 3.8) is 0 Å². The Balaban J connectivity index is 1.43. The van der Waals surface area contributed by atoms with Crippen molar-refractivity contribution in [1.82, 2.24) is 10.2 Å². The van der Waals surface area contributed by atoms with Gasteiger partial charge in [0, 0.05) is 21.9 Å². The number of carbonyl (C=O) groups is 3. The normalized spacial score (nSPS) is 22.1. The maximum Gasteiger partial charge on any atom is 0.332 e. The summed E-state index contributed by atoms with van der Waals surface area (Å²) in [5, 5.41) is 4.97. The lowest BCUT2D eigenvalue weighted by atomic mass is 9.97. The molecule has 0 radical (unpaired) electrons. The third-order valence-electron chi connectivity index (χ3n) is 4.91. The van der Waals surface area contributed by atoms with Crippen LogP contribution in [0.1, 0.15) is 17.7 Å². The van der Waals surface area contributed by atoms with Gasteiger partial charge >= 0.3 is 6.03 Å². The monoisotopic (exact) mass is 447 g/mol. The summed E-state index contributed by atoms with van der Waals surface area (Å²) in [5.74, 6) is -0.267. The summed E-state index contributed by atoms with van der Waals surface area (Å²) in [7, 11) is 0. The molecule has 2 fully saturated rings. The Morgan fingerprint density at radius 2 is 2.00 bits per heavy atom. The summed E-state index contributed by atoms with van der Waals surface area (Å²) in [6, 6.07) is 10.1. The van der Waals surface area contributed by atoms with Crippen molar-refractivity contribution in [2.75, 3.05) is 11.4 Å². The number of hydrogen-bond acceptors (Lipinski definition) is 4. The van der Waals surface area contributed by atoms with Crippen molar-refractivity contribution >= 4 is 50.8 Å².